The molecule has 1 heterocycles. The van der Waals surface area contributed by atoms with Gasteiger partial charge in [-0.15, -0.1) is 0 Å². The van der Waals surface area contributed by atoms with Gasteiger partial charge in [0.15, 0.2) is 11.5 Å². The van der Waals surface area contributed by atoms with Crippen LogP contribution >= 0.6 is 11.8 Å². The monoisotopic (exact) mass is 499 g/mol. The zero-order chi connectivity index (χ0) is 25.5. The highest BCUT2D eigenvalue weighted by Crippen LogP contribution is 2.36. The van der Waals surface area contributed by atoms with Crippen LogP contribution in [0.3, 0.4) is 0 Å². The van der Waals surface area contributed by atoms with Gasteiger partial charge >= 0.3 is 11.9 Å². The maximum absolute atomic E-state index is 12.8. The van der Waals surface area contributed by atoms with Crippen LogP contribution in [0.1, 0.15) is 42.3 Å². The SMILES string of the molecule is CCOC(=O)[C@@H](C)N1C(=O)S/C(=C/c2ccc(OCc3ccc(C(=O)O)cc3)c(OCC)c2)C1=O. The Balaban J connectivity index is 1.76. The van der Waals surface area contributed by atoms with Gasteiger partial charge in [-0.25, -0.2) is 9.59 Å². The van der Waals surface area contributed by atoms with Gasteiger partial charge in [-0.2, -0.15) is 0 Å². The van der Waals surface area contributed by atoms with Crippen LogP contribution in [0.25, 0.3) is 6.08 Å². The van der Waals surface area contributed by atoms with Crippen LogP contribution in [0.4, 0.5) is 4.79 Å². The molecule has 0 saturated carbocycles. The van der Waals surface area contributed by atoms with E-state index >= 15 is 0 Å². The Morgan fingerprint density at radius 1 is 1.03 bits per heavy atom. The normalized spacial score (nSPS) is 15.3. The highest BCUT2D eigenvalue weighted by atomic mass is 32.2. The van der Waals surface area contributed by atoms with Crippen molar-refractivity contribution in [1.29, 1.82) is 0 Å². The fourth-order valence-electron chi connectivity index (χ4n) is 3.24. The second-order valence-corrected chi connectivity index (χ2v) is 8.40. The number of carbonyl (C=O) groups is 4. The van der Waals surface area contributed by atoms with E-state index in [9.17, 15) is 19.2 Å². The molecule has 0 unspecified atom stereocenters. The quantitative estimate of drug-likeness (QED) is 0.376. The molecule has 0 spiro atoms. The first-order chi connectivity index (χ1) is 16.7. The van der Waals surface area contributed by atoms with Crippen molar-refractivity contribution in [2.45, 2.75) is 33.4 Å². The summed E-state index contributed by atoms with van der Waals surface area (Å²) in [5.74, 6) is -1.30. The fraction of sp³-hybridized carbons (Fsp3) is 0.280. The minimum Gasteiger partial charge on any atom is -0.490 e. The van der Waals surface area contributed by atoms with Gasteiger partial charge in [-0.05, 0) is 74.0 Å². The Hall–Kier alpha value is -3.79. The molecule has 0 aromatic heterocycles. The molecule has 1 aliphatic heterocycles. The number of nitrogens with zero attached hydrogens (tertiary/aromatic N) is 1. The van der Waals surface area contributed by atoms with Crippen molar-refractivity contribution in [3.63, 3.8) is 0 Å². The highest BCUT2D eigenvalue weighted by molar-refractivity contribution is 8.18. The molecular weight excluding hydrogens is 474 g/mol. The third kappa shape index (κ3) is 6.21. The number of hydrogen-bond acceptors (Lipinski definition) is 8. The van der Waals surface area contributed by atoms with Crippen molar-refractivity contribution in [2.75, 3.05) is 13.2 Å². The van der Waals surface area contributed by atoms with E-state index in [1.807, 2.05) is 6.92 Å². The van der Waals surface area contributed by atoms with Crippen LogP contribution in [0.5, 0.6) is 11.5 Å². The molecule has 0 bridgehead atoms. The molecular formula is C25H25NO8S. The summed E-state index contributed by atoms with van der Waals surface area (Å²) in [5, 5.41) is 8.47. The lowest BCUT2D eigenvalue weighted by molar-refractivity contribution is -0.150. The Morgan fingerprint density at radius 3 is 2.37 bits per heavy atom. The number of hydrogen-bond donors (Lipinski definition) is 1. The average molecular weight is 500 g/mol. The largest absolute Gasteiger partial charge is 0.490 e. The molecule has 1 N–H and O–H groups in total. The van der Waals surface area contributed by atoms with Gasteiger partial charge < -0.3 is 19.3 Å². The zero-order valence-corrected chi connectivity index (χ0v) is 20.3. The van der Waals surface area contributed by atoms with Crippen molar-refractivity contribution < 1.29 is 38.5 Å². The number of rotatable bonds is 10. The van der Waals surface area contributed by atoms with Crippen LogP contribution in [0, 0.1) is 0 Å². The summed E-state index contributed by atoms with van der Waals surface area (Å²) in [6.45, 7) is 5.65. The molecule has 10 heteroatoms. The minimum absolute atomic E-state index is 0.150. The molecule has 2 aromatic carbocycles. The molecule has 2 aromatic rings. The van der Waals surface area contributed by atoms with Crippen LogP contribution in [-0.2, 0) is 20.9 Å². The number of esters is 1. The first-order valence-corrected chi connectivity index (χ1v) is 11.7. The van der Waals surface area contributed by atoms with Gasteiger partial charge in [0, 0.05) is 0 Å². The first-order valence-electron chi connectivity index (χ1n) is 10.9. The van der Waals surface area contributed by atoms with E-state index in [1.54, 1.807) is 43.3 Å². The standard InChI is InChI=1S/C25H25NO8S/c1-4-32-20-12-17(8-11-19(20)34-14-16-6-9-18(10-7-16)23(28)29)13-21-22(27)26(25(31)35-21)15(3)24(30)33-5-2/h6-13,15H,4-5,14H2,1-3H3,(H,28,29)/b21-13+/t15-/m1/s1. The number of aromatic carboxylic acids is 1. The number of thioether (sulfide) groups is 1. The van der Waals surface area contributed by atoms with Crippen molar-refractivity contribution in [1.82, 2.24) is 4.90 Å². The average Bonchev–Trinajstić information content (AvgIpc) is 3.11. The Kier molecular flexibility index (Phi) is 8.53. The highest BCUT2D eigenvalue weighted by Gasteiger charge is 2.41. The molecule has 2 amide bonds. The number of amides is 2. The van der Waals surface area contributed by atoms with E-state index in [2.05, 4.69) is 0 Å². The molecule has 3 rings (SSSR count). The number of imide groups is 1. The number of benzene rings is 2. The third-order valence-corrected chi connectivity index (χ3v) is 5.88. The zero-order valence-electron chi connectivity index (χ0n) is 19.5. The molecule has 1 atom stereocenters. The molecule has 0 radical (unpaired) electrons. The van der Waals surface area contributed by atoms with Gasteiger partial charge in [0.05, 0.1) is 23.7 Å². The summed E-state index contributed by atoms with van der Waals surface area (Å²) in [4.78, 5) is 49.2. The lowest BCUT2D eigenvalue weighted by Gasteiger charge is -2.19. The maximum atomic E-state index is 12.8. The summed E-state index contributed by atoms with van der Waals surface area (Å²) in [6, 6.07) is 10.4. The van der Waals surface area contributed by atoms with E-state index < -0.39 is 29.1 Å². The number of carboxylic acid groups (broad SMARTS) is 1. The Bertz CT molecular complexity index is 1160. The first kappa shape index (κ1) is 25.8. The van der Waals surface area contributed by atoms with E-state index in [0.717, 1.165) is 22.2 Å². The second kappa shape index (κ2) is 11.6. The fourth-order valence-corrected chi connectivity index (χ4v) is 4.15. The van der Waals surface area contributed by atoms with Crippen LogP contribution in [0.2, 0.25) is 0 Å². The number of carbonyl (C=O) groups excluding carboxylic acids is 3. The van der Waals surface area contributed by atoms with Gasteiger partial charge in [0.2, 0.25) is 0 Å². The van der Waals surface area contributed by atoms with Crippen LogP contribution < -0.4 is 9.47 Å². The summed E-state index contributed by atoms with van der Waals surface area (Å²) in [5.41, 5.74) is 1.58. The van der Waals surface area contributed by atoms with Gasteiger partial charge in [-0.1, -0.05) is 18.2 Å². The summed E-state index contributed by atoms with van der Waals surface area (Å²) in [7, 11) is 0. The lowest BCUT2D eigenvalue weighted by Crippen LogP contribution is -2.42. The summed E-state index contributed by atoms with van der Waals surface area (Å²) >= 11 is 0.751. The van der Waals surface area contributed by atoms with E-state index in [1.165, 1.54) is 19.1 Å². The lowest BCUT2D eigenvalue weighted by atomic mass is 10.1. The van der Waals surface area contributed by atoms with E-state index in [0.29, 0.717) is 23.7 Å². The van der Waals surface area contributed by atoms with E-state index in [4.69, 9.17) is 19.3 Å². The molecule has 1 saturated heterocycles. The predicted molar refractivity (Wildman–Crippen MR) is 129 cm³/mol. The molecule has 0 aliphatic carbocycles. The maximum Gasteiger partial charge on any atom is 0.335 e. The van der Waals surface area contributed by atoms with Gasteiger partial charge in [-0.3, -0.25) is 14.5 Å². The van der Waals surface area contributed by atoms with Crippen molar-refractivity contribution >= 4 is 40.9 Å². The van der Waals surface area contributed by atoms with Gasteiger partial charge in [0.1, 0.15) is 12.6 Å². The van der Waals surface area contributed by atoms with Crippen molar-refractivity contribution in [3.8, 4) is 11.5 Å². The smallest absolute Gasteiger partial charge is 0.335 e. The van der Waals surface area contributed by atoms with Crippen LogP contribution in [-0.4, -0.2) is 52.3 Å². The van der Waals surface area contributed by atoms with Crippen LogP contribution in [0.15, 0.2) is 47.4 Å². The molecule has 35 heavy (non-hydrogen) atoms. The number of ether oxygens (including phenoxy) is 3. The molecule has 1 aliphatic rings. The summed E-state index contributed by atoms with van der Waals surface area (Å²) in [6.07, 6.45) is 1.56. The van der Waals surface area contributed by atoms with E-state index in [-0.39, 0.29) is 23.7 Å². The third-order valence-electron chi connectivity index (χ3n) is 5.00. The van der Waals surface area contributed by atoms with Crippen molar-refractivity contribution in [3.05, 3.63) is 64.1 Å². The topological polar surface area (TPSA) is 119 Å². The number of carboxylic acids is 1. The molecule has 1 fully saturated rings. The second-order valence-electron chi connectivity index (χ2n) is 7.41. The van der Waals surface area contributed by atoms with Gasteiger partial charge in [0.25, 0.3) is 11.1 Å². The summed E-state index contributed by atoms with van der Waals surface area (Å²) < 4.78 is 16.5. The molecule has 9 nitrogen and oxygen atoms in total. The van der Waals surface area contributed by atoms with Crippen molar-refractivity contribution in [2.24, 2.45) is 0 Å². The predicted octanol–water partition coefficient (Wildman–Crippen LogP) is 4.35. The Labute approximate surface area is 206 Å². The minimum atomic E-state index is -1.02. The Morgan fingerprint density at radius 2 is 1.74 bits per heavy atom. The molecule has 184 valence electrons.